The number of hydrogen-bond donors (Lipinski definition) is 1. The Labute approximate surface area is 181 Å². The summed E-state index contributed by atoms with van der Waals surface area (Å²) in [6, 6.07) is 0. The van der Waals surface area contributed by atoms with E-state index in [2.05, 4.69) is 29.1 Å². The van der Waals surface area contributed by atoms with E-state index in [1.165, 1.54) is 64.0 Å². The summed E-state index contributed by atoms with van der Waals surface area (Å²) in [5.41, 5.74) is 1.52. The molecule has 1 saturated heterocycles. The van der Waals surface area contributed by atoms with Gasteiger partial charge in [-0.25, -0.2) is 0 Å². The van der Waals surface area contributed by atoms with Crippen LogP contribution in [0.4, 0.5) is 0 Å². The van der Waals surface area contributed by atoms with Gasteiger partial charge < -0.3 is 19.6 Å². The minimum Gasteiger partial charge on any atom is -0.493 e. The summed E-state index contributed by atoms with van der Waals surface area (Å²) in [6.07, 6.45) is 12.2. The lowest BCUT2D eigenvalue weighted by molar-refractivity contribution is -0.0967. The van der Waals surface area contributed by atoms with Crippen LogP contribution in [0, 0.1) is 17.3 Å². The van der Waals surface area contributed by atoms with Gasteiger partial charge in [0.2, 0.25) is 0 Å². The fourth-order valence-corrected chi connectivity index (χ4v) is 6.79. The SMILES string of the molecule is CON1C=CC23CC(CCCN4CCN(C)CC4)CCC2OC2=C3[C@@H](C[C@@H](O)C2)C1. The standard InChI is InChI=1S/C24H39N3O3/c1-25-10-12-26(13-11-25)8-3-4-18-5-6-22-24(16-18)7-9-27(29-2)17-19-14-20(28)15-21(30-22)23(19)24/h7,9,18-20,22,28H,3-6,8,10-17H2,1-2H3/t18?,19-,20+,22?,24?/m0/s1. The normalized spacial score (nSPS) is 39.5. The first-order valence-electron chi connectivity index (χ1n) is 12.1. The van der Waals surface area contributed by atoms with Crippen molar-refractivity contribution in [3.63, 3.8) is 0 Å². The van der Waals surface area contributed by atoms with Crippen LogP contribution in [0.3, 0.4) is 0 Å². The molecular weight excluding hydrogens is 378 g/mol. The fourth-order valence-electron chi connectivity index (χ4n) is 6.79. The maximum atomic E-state index is 10.5. The zero-order valence-corrected chi connectivity index (χ0v) is 18.8. The molecule has 5 atom stereocenters. The van der Waals surface area contributed by atoms with E-state index >= 15 is 0 Å². The largest absolute Gasteiger partial charge is 0.493 e. The highest BCUT2D eigenvalue weighted by Gasteiger charge is 2.56. The molecule has 0 amide bonds. The number of aliphatic hydroxyl groups is 1. The number of aliphatic hydroxyl groups excluding tert-OH is 1. The Morgan fingerprint density at radius 2 is 2.07 bits per heavy atom. The van der Waals surface area contributed by atoms with Crippen molar-refractivity contribution in [3.8, 4) is 0 Å². The van der Waals surface area contributed by atoms with Crippen LogP contribution in [0.25, 0.3) is 0 Å². The highest BCUT2D eigenvalue weighted by atomic mass is 16.7. The van der Waals surface area contributed by atoms with E-state index in [1.54, 1.807) is 7.11 Å². The van der Waals surface area contributed by atoms with E-state index in [0.29, 0.717) is 12.3 Å². The third-order valence-electron chi connectivity index (χ3n) is 8.37. The van der Waals surface area contributed by atoms with Crippen molar-refractivity contribution in [2.45, 2.75) is 57.2 Å². The molecule has 2 fully saturated rings. The molecule has 0 aromatic heterocycles. The van der Waals surface area contributed by atoms with Gasteiger partial charge in [-0.15, -0.1) is 0 Å². The minimum absolute atomic E-state index is 0.0180. The maximum absolute atomic E-state index is 10.5. The Kier molecular flexibility index (Phi) is 5.86. The van der Waals surface area contributed by atoms with E-state index in [-0.39, 0.29) is 17.6 Å². The molecule has 2 aliphatic carbocycles. The average molecular weight is 418 g/mol. The molecule has 0 aromatic rings. The van der Waals surface area contributed by atoms with Crippen molar-refractivity contribution in [2.24, 2.45) is 17.3 Å². The molecule has 3 heterocycles. The predicted molar refractivity (Wildman–Crippen MR) is 116 cm³/mol. The Hall–Kier alpha value is -1.08. The van der Waals surface area contributed by atoms with Gasteiger partial charge in [0.05, 0.1) is 30.9 Å². The van der Waals surface area contributed by atoms with Gasteiger partial charge in [-0.05, 0) is 63.6 Å². The van der Waals surface area contributed by atoms with Crippen LogP contribution in [-0.2, 0) is 9.57 Å². The molecule has 6 heteroatoms. The van der Waals surface area contributed by atoms with Gasteiger partial charge in [0.25, 0.3) is 0 Å². The van der Waals surface area contributed by atoms with Crippen molar-refractivity contribution in [3.05, 3.63) is 23.6 Å². The number of nitrogens with zero attached hydrogens (tertiary/aromatic N) is 3. The van der Waals surface area contributed by atoms with Crippen molar-refractivity contribution >= 4 is 0 Å². The van der Waals surface area contributed by atoms with Gasteiger partial charge in [0, 0.05) is 44.7 Å². The lowest BCUT2D eigenvalue weighted by Crippen LogP contribution is -2.45. The molecule has 3 aliphatic heterocycles. The monoisotopic (exact) mass is 417 g/mol. The van der Waals surface area contributed by atoms with Crippen molar-refractivity contribution < 1.29 is 14.7 Å². The number of likely N-dealkylation sites (N-methyl/N-ethyl adjacent to an activating group) is 1. The highest BCUT2D eigenvalue weighted by Crippen LogP contribution is 2.59. The van der Waals surface area contributed by atoms with Crippen LogP contribution >= 0.6 is 0 Å². The molecule has 30 heavy (non-hydrogen) atoms. The third kappa shape index (κ3) is 3.81. The van der Waals surface area contributed by atoms with E-state index in [4.69, 9.17) is 9.57 Å². The average Bonchev–Trinajstić information content (AvgIpc) is 2.96. The first kappa shape index (κ1) is 20.8. The second-order valence-corrected chi connectivity index (χ2v) is 10.3. The fraction of sp³-hybridized carbons (Fsp3) is 0.833. The summed E-state index contributed by atoms with van der Waals surface area (Å²) < 4.78 is 6.52. The molecule has 0 radical (unpaired) electrons. The summed E-state index contributed by atoms with van der Waals surface area (Å²) in [5, 5.41) is 12.4. The summed E-state index contributed by atoms with van der Waals surface area (Å²) in [4.78, 5) is 10.7. The Morgan fingerprint density at radius 3 is 2.87 bits per heavy atom. The van der Waals surface area contributed by atoms with E-state index in [9.17, 15) is 5.11 Å². The molecule has 3 unspecified atom stereocenters. The summed E-state index contributed by atoms with van der Waals surface area (Å²) in [7, 11) is 3.97. The Balaban J connectivity index is 1.28. The maximum Gasteiger partial charge on any atom is 0.111 e. The van der Waals surface area contributed by atoms with E-state index in [1.807, 2.05) is 5.06 Å². The summed E-state index contributed by atoms with van der Waals surface area (Å²) >= 11 is 0. The van der Waals surface area contributed by atoms with Crippen molar-refractivity contribution in [2.75, 3.05) is 53.4 Å². The van der Waals surface area contributed by atoms with Gasteiger partial charge in [0.15, 0.2) is 0 Å². The van der Waals surface area contributed by atoms with Crippen LogP contribution in [0.2, 0.25) is 0 Å². The first-order chi connectivity index (χ1) is 14.6. The number of rotatable bonds is 5. The van der Waals surface area contributed by atoms with Crippen LogP contribution < -0.4 is 0 Å². The van der Waals surface area contributed by atoms with Crippen LogP contribution in [0.15, 0.2) is 23.6 Å². The molecule has 1 spiro atoms. The molecule has 1 saturated carbocycles. The lowest BCUT2D eigenvalue weighted by Gasteiger charge is -2.43. The topological polar surface area (TPSA) is 48.4 Å². The van der Waals surface area contributed by atoms with Crippen molar-refractivity contribution in [1.29, 1.82) is 0 Å². The molecular formula is C24H39N3O3. The number of hydroxylamine groups is 2. The van der Waals surface area contributed by atoms with E-state index < -0.39 is 0 Å². The summed E-state index contributed by atoms with van der Waals surface area (Å²) in [5.74, 6) is 2.19. The highest BCUT2D eigenvalue weighted by molar-refractivity contribution is 5.38. The summed E-state index contributed by atoms with van der Waals surface area (Å²) in [6.45, 7) is 6.91. The number of hydrogen-bond acceptors (Lipinski definition) is 6. The number of ether oxygens (including phenoxy) is 1. The van der Waals surface area contributed by atoms with E-state index in [0.717, 1.165) is 31.1 Å². The van der Waals surface area contributed by atoms with Gasteiger partial charge in [-0.1, -0.05) is 6.08 Å². The van der Waals surface area contributed by atoms with Crippen LogP contribution in [0.5, 0.6) is 0 Å². The second kappa shape index (κ2) is 8.45. The molecule has 0 bridgehead atoms. The minimum atomic E-state index is -0.290. The zero-order chi connectivity index (χ0) is 20.7. The molecule has 0 aromatic carbocycles. The second-order valence-electron chi connectivity index (χ2n) is 10.3. The molecule has 6 nitrogen and oxygen atoms in total. The number of piperazine rings is 1. The first-order valence-corrected chi connectivity index (χ1v) is 12.1. The van der Waals surface area contributed by atoms with Gasteiger partial charge in [-0.2, -0.15) is 0 Å². The quantitative estimate of drug-likeness (QED) is 0.742. The van der Waals surface area contributed by atoms with Crippen molar-refractivity contribution in [1.82, 2.24) is 14.9 Å². The molecule has 1 N–H and O–H groups in total. The van der Waals surface area contributed by atoms with Gasteiger partial charge in [0.1, 0.15) is 6.10 Å². The van der Waals surface area contributed by atoms with Gasteiger partial charge >= 0.3 is 0 Å². The Morgan fingerprint density at radius 1 is 1.23 bits per heavy atom. The van der Waals surface area contributed by atoms with Crippen LogP contribution in [-0.4, -0.2) is 85.6 Å². The Bertz CT molecular complexity index is 687. The zero-order valence-electron chi connectivity index (χ0n) is 18.8. The molecule has 5 rings (SSSR count). The van der Waals surface area contributed by atoms with Crippen LogP contribution in [0.1, 0.15) is 44.9 Å². The third-order valence-corrected chi connectivity index (χ3v) is 8.37. The molecule has 5 aliphatic rings. The lowest BCUT2D eigenvalue weighted by atomic mass is 9.60. The van der Waals surface area contributed by atoms with Gasteiger partial charge in [-0.3, -0.25) is 9.90 Å². The smallest absolute Gasteiger partial charge is 0.111 e. The predicted octanol–water partition coefficient (Wildman–Crippen LogP) is 2.62. The molecule has 168 valence electrons.